The maximum absolute atomic E-state index is 13.8. The third-order valence-electron chi connectivity index (χ3n) is 8.89. The number of halogens is 4. The van der Waals surface area contributed by atoms with Gasteiger partial charge in [0.05, 0.1) is 8.07 Å². The number of rotatable bonds is 9. The molecule has 6 aromatic carbocycles. The lowest BCUT2D eigenvalue weighted by atomic mass is 9.84. The van der Waals surface area contributed by atoms with Crippen molar-refractivity contribution in [1.82, 2.24) is 0 Å². The quantitative estimate of drug-likeness (QED) is 0.0835. The Balaban J connectivity index is 1.35. The zero-order valence-corrected chi connectivity index (χ0v) is 27.6. The zero-order valence-electron chi connectivity index (χ0n) is 26.6. The van der Waals surface area contributed by atoms with Crippen LogP contribution in [0.2, 0.25) is 19.6 Å². The van der Waals surface area contributed by atoms with Crippen molar-refractivity contribution in [3.05, 3.63) is 213 Å². The summed E-state index contributed by atoms with van der Waals surface area (Å²) < 4.78 is 55.3. The Bertz CT molecular complexity index is 1680. The van der Waals surface area contributed by atoms with E-state index >= 15 is 0 Å². The molecule has 0 aliphatic rings. The first-order valence-corrected chi connectivity index (χ1v) is 19.4. The van der Waals surface area contributed by atoms with Crippen LogP contribution in [-0.2, 0) is 0 Å². The minimum absolute atomic E-state index is 0.176. The summed E-state index contributed by atoms with van der Waals surface area (Å²) in [5.74, 6) is -1.55. The fraction of sp³-hybridized carbons (Fsp3) is 0.143. The van der Waals surface area contributed by atoms with E-state index < -0.39 is 8.07 Å². The van der Waals surface area contributed by atoms with Gasteiger partial charge in [-0.3, -0.25) is 0 Å². The summed E-state index contributed by atoms with van der Waals surface area (Å²) in [7, 11) is -1.81. The smallest absolute Gasteiger partial charge is 0.123 e. The lowest BCUT2D eigenvalue weighted by molar-refractivity contribution is 0.625. The largest absolute Gasteiger partial charge is 0.207 e. The maximum atomic E-state index is 13.8. The van der Waals surface area contributed by atoms with E-state index in [9.17, 15) is 17.6 Å². The van der Waals surface area contributed by atoms with Crippen molar-refractivity contribution in [3.63, 3.8) is 0 Å². The SMILES string of the molecule is C[Si](C)(C)C(c1ccc(C(c2ccc(F)cc2)c2ccc(F)cc2)cc1)c1ccc(C(c2ccc(F)cc2)c2ccc(F)cc2)cc1. The molecule has 0 nitrogen and oxygen atoms in total. The van der Waals surface area contributed by atoms with Crippen LogP contribution < -0.4 is 0 Å². The lowest BCUT2D eigenvalue weighted by Gasteiger charge is -2.31. The molecule has 0 saturated heterocycles. The third-order valence-corrected chi connectivity index (χ3v) is 11.3. The van der Waals surface area contributed by atoms with Crippen LogP contribution in [0.25, 0.3) is 0 Å². The van der Waals surface area contributed by atoms with Gasteiger partial charge in [0.25, 0.3) is 0 Å². The average Bonchev–Trinajstić information content (AvgIpc) is 3.06. The Morgan fingerprint density at radius 2 is 0.468 bits per heavy atom. The van der Waals surface area contributed by atoms with E-state index in [1.807, 2.05) is 0 Å². The van der Waals surface area contributed by atoms with Crippen LogP contribution in [-0.4, -0.2) is 8.07 Å². The summed E-state index contributed by atoms with van der Waals surface area (Å²) in [6.45, 7) is 7.08. The molecule has 5 heteroatoms. The highest BCUT2D eigenvalue weighted by molar-refractivity contribution is 6.78. The van der Waals surface area contributed by atoms with Crippen molar-refractivity contribution in [1.29, 1.82) is 0 Å². The van der Waals surface area contributed by atoms with E-state index in [-0.39, 0.29) is 40.6 Å². The summed E-state index contributed by atoms with van der Waals surface area (Å²) in [4.78, 5) is 0. The molecule has 0 saturated carbocycles. The van der Waals surface area contributed by atoms with Gasteiger partial charge in [-0.25, -0.2) is 17.6 Å². The van der Waals surface area contributed by atoms with Gasteiger partial charge < -0.3 is 0 Å². The minimum atomic E-state index is -1.81. The molecule has 0 aliphatic carbocycles. The first kappa shape index (κ1) is 32.2. The normalized spacial score (nSPS) is 11.9. The van der Waals surface area contributed by atoms with Crippen LogP contribution in [0, 0.1) is 23.3 Å². The molecule has 236 valence electrons. The predicted octanol–water partition coefficient (Wildman–Crippen LogP) is 11.6. The molecule has 0 aromatic heterocycles. The monoisotopic (exact) mass is 644 g/mol. The topological polar surface area (TPSA) is 0 Å². The molecular weight excluding hydrogens is 609 g/mol. The molecular formula is C42H36F4Si. The van der Waals surface area contributed by atoms with Crippen LogP contribution >= 0.6 is 0 Å². The zero-order chi connectivity index (χ0) is 33.1. The van der Waals surface area contributed by atoms with Crippen molar-refractivity contribution in [2.24, 2.45) is 0 Å². The van der Waals surface area contributed by atoms with Crippen LogP contribution in [0.4, 0.5) is 17.6 Å². The highest BCUT2D eigenvalue weighted by Gasteiger charge is 2.30. The van der Waals surface area contributed by atoms with Gasteiger partial charge in [-0.2, -0.15) is 0 Å². The van der Waals surface area contributed by atoms with Crippen molar-refractivity contribution >= 4 is 8.07 Å². The molecule has 0 unspecified atom stereocenters. The Hall–Kier alpha value is -4.74. The molecule has 6 rings (SSSR count). The molecule has 0 bridgehead atoms. The Kier molecular flexibility index (Phi) is 9.28. The molecule has 0 fully saturated rings. The predicted molar refractivity (Wildman–Crippen MR) is 186 cm³/mol. The molecule has 0 amide bonds. The fourth-order valence-electron chi connectivity index (χ4n) is 6.73. The summed E-state index contributed by atoms with van der Waals surface area (Å²) >= 11 is 0. The van der Waals surface area contributed by atoms with Gasteiger partial charge in [-0.05, 0) is 93.0 Å². The van der Waals surface area contributed by atoms with Crippen LogP contribution in [0.5, 0.6) is 0 Å². The lowest BCUT2D eigenvalue weighted by Crippen LogP contribution is -2.32. The van der Waals surface area contributed by atoms with Crippen LogP contribution in [0.15, 0.2) is 146 Å². The van der Waals surface area contributed by atoms with Crippen molar-refractivity contribution < 1.29 is 17.6 Å². The van der Waals surface area contributed by atoms with Gasteiger partial charge in [-0.1, -0.05) is 117 Å². The molecule has 0 N–H and O–H groups in total. The average molecular weight is 645 g/mol. The molecule has 6 aromatic rings. The van der Waals surface area contributed by atoms with Gasteiger partial charge in [-0.15, -0.1) is 0 Å². The standard InChI is InChI=1S/C42H36F4Si/c1-47(2,3)42(34-8-4-28(5-9-34)40(30-12-20-36(43)21-13-30)31-14-22-37(44)23-15-31)35-10-6-29(7-11-35)41(32-16-24-38(45)25-17-32)33-18-26-39(46)27-19-33/h4-27,40-42H,1-3H3. The molecule has 0 radical (unpaired) electrons. The Labute approximate surface area is 275 Å². The molecule has 0 heterocycles. The summed E-state index contributed by atoms with van der Waals surface area (Å²) in [5, 5.41) is 0. The highest BCUT2D eigenvalue weighted by Crippen LogP contribution is 2.39. The summed E-state index contributed by atoms with van der Waals surface area (Å²) in [6.07, 6.45) is 0. The third kappa shape index (κ3) is 7.31. The summed E-state index contributed by atoms with van der Waals surface area (Å²) in [6, 6.07) is 43.2. The van der Waals surface area contributed by atoms with Gasteiger partial charge in [0.2, 0.25) is 0 Å². The van der Waals surface area contributed by atoms with E-state index in [4.69, 9.17) is 0 Å². The second kappa shape index (κ2) is 13.5. The molecule has 0 spiro atoms. The number of hydrogen-bond acceptors (Lipinski definition) is 0. The Morgan fingerprint density at radius 3 is 0.660 bits per heavy atom. The van der Waals surface area contributed by atoms with Crippen LogP contribution in [0.3, 0.4) is 0 Å². The molecule has 0 atom stereocenters. The van der Waals surface area contributed by atoms with E-state index in [0.29, 0.717) is 0 Å². The second-order valence-corrected chi connectivity index (χ2v) is 18.5. The van der Waals surface area contributed by atoms with E-state index in [1.165, 1.54) is 59.7 Å². The molecule has 0 aliphatic heterocycles. The Morgan fingerprint density at radius 1 is 0.298 bits per heavy atom. The van der Waals surface area contributed by atoms with Gasteiger partial charge in [0, 0.05) is 17.4 Å². The highest BCUT2D eigenvalue weighted by atomic mass is 28.3. The van der Waals surface area contributed by atoms with Crippen LogP contribution in [0.1, 0.15) is 61.9 Å². The van der Waals surface area contributed by atoms with E-state index in [2.05, 4.69) is 68.2 Å². The van der Waals surface area contributed by atoms with Gasteiger partial charge in [0.15, 0.2) is 0 Å². The fourth-order valence-corrected chi connectivity index (χ4v) is 9.11. The first-order valence-electron chi connectivity index (χ1n) is 15.8. The number of hydrogen-bond donors (Lipinski definition) is 0. The van der Waals surface area contributed by atoms with Crippen molar-refractivity contribution in [3.8, 4) is 0 Å². The van der Waals surface area contributed by atoms with E-state index in [0.717, 1.165) is 33.4 Å². The first-order chi connectivity index (χ1) is 22.6. The minimum Gasteiger partial charge on any atom is -0.207 e. The number of benzene rings is 6. The van der Waals surface area contributed by atoms with Gasteiger partial charge in [0.1, 0.15) is 23.3 Å². The van der Waals surface area contributed by atoms with E-state index in [1.54, 1.807) is 48.5 Å². The van der Waals surface area contributed by atoms with Gasteiger partial charge >= 0.3 is 0 Å². The van der Waals surface area contributed by atoms with Crippen molar-refractivity contribution in [2.45, 2.75) is 37.0 Å². The second-order valence-electron chi connectivity index (χ2n) is 13.2. The molecule has 47 heavy (non-hydrogen) atoms. The summed E-state index contributed by atoms with van der Waals surface area (Å²) in [5.41, 5.74) is 8.43. The maximum Gasteiger partial charge on any atom is 0.123 e. The van der Waals surface area contributed by atoms with Crippen molar-refractivity contribution in [2.75, 3.05) is 0 Å².